The van der Waals surface area contributed by atoms with E-state index in [1.54, 1.807) is 9.47 Å². The largest absolute Gasteiger partial charge is 0.477 e. The first-order valence-electron chi connectivity index (χ1n) is 9.13. The van der Waals surface area contributed by atoms with Crippen molar-refractivity contribution in [3.8, 4) is 0 Å². The fourth-order valence-corrected chi connectivity index (χ4v) is 4.35. The van der Waals surface area contributed by atoms with Gasteiger partial charge in [0.25, 0.3) is 0 Å². The van der Waals surface area contributed by atoms with Crippen LogP contribution in [0.1, 0.15) is 43.1 Å². The molecule has 2 heterocycles. The Morgan fingerprint density at radius 2 is 2.04 bits per heavy atom. The van der Waals surface area contributed by atoms with Crippen LogP contribution in [0.5, 0.6) is 0 Å². The van der Waals surface area contributed by atoms with E-state index in [4.69, 9.17) is 23.1 Å². The van der Waals surface area contributed by atoms with E-state index in [9.17, 15) is 14.7 Å². The summed E-state index contributed by atoms with van der Waals surface area (Å²) in [4.78, 5) is 26.0. The quantitative estimate of drug-likeness (QED) is 0.672. The number of aromatic carboxylic acids is 1. The van der Waals surface area contributed by atoms with E-state index in [-0.39, 0.29) is 44.8 Å². The molecule has 1 atom stereocenters. The Morgan fingerprint density at radius 1 is 1.39 bits per heavy atom. The number of halogens is 2. The molecular formula is C19H22ClFN4O3. The Morgan fingerprint density at radius 3 is 2.54 bits per heavy atom. The predicted octanol–water partition coefficient (Wildman–Crippen LogP) is 2.58. The van der Waals surface area contributed by atoms with Crippen LogP contribution >= 0.6 is 11.6 Å². The van der Waals surface area contributed by atoms with Gasteiger partial charge >= 0.3 is 5.97 Å². The van der Waals surface area contributed by atoms with Crippen molar-refractivity contribution in [3.63, 3.8) is 0 Å². The van der Waals surface area contributed by atoms with E-state index >= 15 is 4.39 Å². The minimum Gasteiger partial charge on any atom is -0.477 e. The number of hydrogen-bond donors (Lipinski definition) is 3. The van der Waals surface area contributed by atoms with Crippen molar-refractivity contribution >= 4 is 39.8 Å². The van der Waals surface area contributed by atoms with Crippen molar-refractivity contribution in [1.29, 1.82) is 0 Å². The van der Waals surface area contributed by atoms with Crippen LogP contribution in [-0.2, 0) is 0 Å². The Balaban J connectivity index is 2.06. The average Bonchev–Trinajstić information content (AvgIpc) is 3.39. The summed E-state index contributed by atoms with van der Waals surface area (Å²) in [6.45, 7) is 4.87. The van der Waals surface area contributed by atoms with E-state index in [1.165, 1.54) is 6.20 Å². The summed E-state index contributed by atoms with van der Waals surface area (Å²) in [5.74, 6) is -2.20. The number of nitrogens with two attached hydrogens (primary N) is 2. The third kappa shape index (κ3) is 2.66. The third-order valence-corrected chi connectivity index (χ3v) is 6.23. The standard InChI is InChI=1S/C19H22ClFN4O3/c1-19(2)7-24(6-10(19)22)16-12(20)15-11(14(23)13(16)21)17(26)9(18(27)28)5-25(15)8-3-4-8/h5,8,10H,3-4,6-7,22-23H2,1-2H3,(H,27,28)/t10-/m1/s1. The number of anilines is 2. The van der Waals surface area contributed by atoms with Crippen LogP contribution < -0.4 is 21.8 Å². The molecule has 1 saturated heterocycles. The molecule has 150 valence electrons. The first-order valence-corrected chi connectivity index (χ1v) is 9.51. The van der Waals surface area contributed by atoms with Gasteiger partial charge in [-0.15, -0.1) is 0 Å². The average molecular weight is 409 g/mol. The lowest BCUT2D eigenvalue weighted by Gasteiger charge is -2.25. The topological polar surface area (TPSA) is 115 Å². The van der Waals surface area contributed by atoms with Crippen LogP contribution in [-0.4, -0.2) is 34.8 Å². The lowest BCUT2D eigenvalue weighted by Crippen LogP contribution is -2.35. The maximum Gasteiger partial charge on any atom is 0.341 e. The van der Waals surface area contributed by atoms with Crippen LogP contribution in [0.25, 0.3) is 10.9 Å². The van der Waals surface area contributed by atoms with Gasteiger partial charge in [-0.25, -0.2) is 9.18 Å². The first-order chi connectivity index (χ1) is 13.0. The van der Waals surface area contributed by atoms with Crippen molar-refractivity contribution in [2.24, 2.45) is 11.1 Å². The molecule has 1 saturated carbocycles. The van der Waals surface area contributed by atoms with Crippen molar-refractivity contribution in [1.82, 2.24) is 4.57 Å². The fourth-order valence-electron chi connectivity index (χ4n) is 3.95. The van der Waals surface area contributed by atoms with Crippen LogP contribution in [0.15, 0.2) is 11.0 Å². The van der Waals surface area contributed by atoms with Gasteiger partial charge in [0.2, 0.25) is 5.43 Å². The lowest BCUT2D eigenvalue weighted by atomic mass is 9.89. The second kappa shape index (κ2) is 6.09. The maximum atomic E-state index is 15.3. The molecule has 1 aromatic carbocycles. The molecule has 0 bridgehead atoms. The number of carbonyl (C=O) groups is 1. The van der Waals surface area contributed by atoms with Gasteiger partial charge in [-0.3, -0.25) is 4.79 Å². The number of pyridine rings is 1. The zero-order valence-electron chi connectivity index (χ0n) is 15.6. The summed E-state index contributed by atoms with van der Waals surface area (Å²) < 4.78 is 17.0. The summed E-state index contributed by atoms with van der Waals surface area (Å²) in [6.07, 6.45) is 2.93. The first kappa shape index (κ1) is 19.0. The summed E-state index contributed by atoms with van der Waals surface area (Å²) in [7, 11) is 0. The third-order valence-electron chi connectivity index (χ3n) is 5.87. The number of carboxylic acids is 1. The number of nitrogen functional groups attached to an aromatic ring is 1. The van der Waals surface area contributed by atoms with Crippen molar-refractivity contribution < 1.29 is 14.3 Å². The molecule has 4 rings (SSSR count). The molecule has 28 heavy (non-hydrogen) atoms. The van der Waals surface area contributed by atoms with E-state index < -0.39 is 22.8 Å². The summed E-state index contributed by atoms with van der Waals surface area (Å²) in [5.41, 5.74) is 10.7. The number of benzene rings is 1. The van der Waals surface area contributed by atoms with Crippen LogP contribution in [0.3, 0.4) is 0 Å². The number of fused-ring (bicyclic) bond motifs is 1. The smallest absolute Gasteiger partial charge is 0.341 e. The highest BCUT2D eigenvalue weighted by Crippen LogP contribution is 2.46. The summed E-state index contributed by atoms with van der Waals surface area (Å²) in [5, 5.41) is 9.27. The number of hydrogen-bond acceptors (Lipinski definition) is 5. The zero-order chi connectivity index (χ0) is 20.5. The molecule has 2 fully saturated rings. The molecule has 1 aliphatic heterocycles. The fraction of sp³-hybridized carbons (Fsp3) is 0.474. The molecule has 0 unspecified atom stereocenters. The molecule has 1 aromatic heterocycles. The number of carboxylic acid groups (broad SMARTS) is 1. The van der Waals surface area contributed by atoms with E-state index in [2.05, 4.69) is 0 Å². The van der Waals surface area contributed by atoms with E-state index in [1.807, 2.05) is 13.8 Å². The monoisotopic (exact) mass is 408 g/mol. The van der Waals surface area contributed by atoms with Gasteiger partial charge in [-0.1, -0.05) is 25.4 Å². The highest BCUT2D eigenvalue weighted by Gasteiger charge is 2.40. The van der Waals surface area contributed by atoms with Gasteiger partial charge in [0, 0.05) is 31.4 Å². The molecule has 9 heteroatoms. The second-order valence-electron chi connectivity index (χ2n) is 8.40. The van der Waals surface area contributed by atoms with Gasteiger partial charge in [-0.05, 0) is 18.3 Å². The zero-order valence-corrected chi connectivity index (χ0v) is 16.4. The molecule has 2 aliphatic rings. The SMILES string of the molecule is CC1(C)CN(c2c(F)c(N)c3c(=O)c(C(=O)O)cn(C4CC4)c3c2Cl)C[C@H]1N. The normalized spacial score (nSPS) is 21.5. The van der Waals surface area contributed by atoms with Gasteiger partial charge in [0.1, 0.15) is 5.56 Å². The Hall–Kier alpha value is -2.32. The Bertz CT molecular complexity index is 1080. The number of rotatable bonds is 3. The number of aromatic nitrogens is 1. The molecule has 0 spiro atoms. The molecule has 0 radical (unpaired) electrons. The van der Waals surface area contributed by atoms with Crippen molar-refractivity contribution in [2.75, 3.05) is 23.7 Å². The summed E-state index contributed by atoms with van der Waals surface area (Å²) >= 11 is 6.64. The van der Waals surface area contributed by atoms with Crippen molar-refractivity contribution in [3.05, 3.63) is 32.8 Å². The minimum absolute atomic E-state index is 0.00804. The van der Waals surface area contributed by atoms with Crippen LogP contribution in [0, 0.1) is 11.2 Å². The maximum absolute atomic E-state index is 15.3. The van der Waals surface area contributed by atoms with Crippen LogP contribution in [0.4, 0.5) is 15.8 Å². The lowest BCUT2D eigenvalue weighted by molar-refractivity contribution is 0.0695. The Labute approximate surface area is 165 Å². The van der Waals surface area contributed by atoms with E-state index in [0.29, 0.717) is 13.1 Å². The molecule has 1 aliphatic carbocycles. The minimum atomic E-state index is -1.38. The second-order valence-corrected chi connectivity index (χ2v) is 8.78. The van der Waals surface area contributed by atoms with Gasteiger partial charge in [0.15, 0.2) is 5.82 Å². The molecule has 5 N–H and O–H groups in total. The summed E-state index contributed by atoms with van der Waals surface area (Å²) in [6, 6.07) is -0.173. The van der Waals surface area contributed by atoms with Crippen molar-refractivity contribution in [2.45, 2.75) is 38.8 Å². The Kier molecular flexibility index (Phi) is 4.13. The van der Waals surface area contributed by atoms with E-state index in [0.717, 1.165) is 12.8 Å². The molecule has 2 aromatic rings. The van der Waals surface area contributed by atoms with Crippen LogP contribution in [0.2, 0.25) is 5.02 Å². The number of nitrogens with zero attached hydrogens (tertiary/aromatic N) is 2. The molecular weight excluding hydrogens is 387 g/mol. The molecule has 7 nitrogen and oxygen atoms in total. The molecule has 0 amide bonds. The highest BCUT2D eigenvalue weighted by molar-refractivity contribution is 6.38. The van der Waals surface area contributed by atoms with Gasteiger partial charge < -0.3 is 26.0 Å². The van der Waals surface area contributed by atoms with Gasteiger partial charge in [0.05, 0.1) is 27.3 Å². The predicted molar refractivity (Wildman–Crippen MR) is 107 cm³/mol. The van der Waals surface area contributed by atoms with Gasteiger partial charge in [-0.2, -0.15) is 0 Å². The highest BCUT2D eigenvalue weighted by atomic mass is 35.5.